The maximum absolute atomic E-state index is 12.9. The quantitative estimate of drug-likeness (QED) is 0.628. The SMILES string of the molecule is COc1ccc2c(c1)C(NC(=O)CCc1cc(S(=O)(=O)N(C)C)ccc1OC)CC(C)(C)O2. The maximum Gasteiger partial charge on any atom is 0.242 e. The smallest absolute Gasteiger partial charge is 0.242 e. The van der Waals surface area contributed by atoms with E-state index in [0.717, 1.165) is 15.6 Å². The Kier molecular flexibility index (Phi) is 7.23. The number of aryl methyl sites for hydroxylation is 1. The van der Waals surface area contributed by atoms with Crippen molar-refractivity contribution >= 4 is 15.9 Å². The van der Waals surface area contributed by atoms with Gasteiger partial charge in [-0.05, 0) is 62.2 Å². The largest absolute Gasteiger partial charge is 0.497 e. The molecule has 1 atom stereocenters. The van der Waals surface area contributed by atoms with Crippen LogP contribution in [0.3, 0.4) is 0 Å². The zero-order chi connectivity index (χ0) is 24.4. The molecule has 9 heteroatoms. The summed E-state index contributed by atoms with van der Waals surface area (Å²) in [7, 11) is 2.49. The molecule has 33 heavy (non-hydrogen) atoms. The summed E-state index contributed by atoms with van der Waals surface area (Å²) >= 11 is 0. The molecule has 1 unspecified atom stereocenters. The predicted molar refractivity (Wildman–Crippen MR) is 125 cm³/mol. The highest BCUT2D eigenvalue weighted by molar-refractivity contribution is 7.89. The summed E-state index contributed by atoms with van der Waals surface area (Å²) in [5.74, 6) is 1.82. The van der Waals surface area contributed by atoms with Gasteiger partial charge in [-0.25, -0.2) is 12.7 Å². The Labute approximate surface area is 195 Å². The lowest BCUT2D eigenvalue weighted by Gasteiger charge is -2.38. The number of fused-ring (bicyclic) bond motifs is 1. The van der Waals surface area contributed by atoms with Gasteiger partial charge in [-0.3, -0.25) is 4.79 Å². The van der Waals surface area contributed by atoms with Gasteiger partial charge in [-0.2, -0.15) is 0 Å². The number of nitrogens with one attached hydrogen (secondary N) is 1. The number of methoxy groups -OCH3 is 2. The molecule has 3 rings (SSSR count). The molecule has 1 aliphatic heterocycles. The van der Waals surface area contributed by atoms with Gasteiger partial charge in [0.15, 0.2) is 0 Å². The topological polar surface area (TPSA) is 94.2 Å². The lowest BCUT2D eigenvalue weighted by Crippen LogP contribution is -2.41. The number of nitrogens with zero attached hydrogens (tertiary/aromatic N) is 1. The third kappa shape index (κ3) is 5.59. The van der Waals surface area contributed by atoms with Crippen molar-refractivity contribution in [2.45, 2.75) is 49.6 Å². The number of amides is 1. The highest BCUT2D eigenvalue weighted by Crippen LogP contribution is 2.41. The van der Waals surface area contributed by atoms with Gasteiger partial charge < -0.3 is 19.5 Å². The van der Waals surface area contributed by atoms with E-state index in [1.165, 1.54) is 27.3 Å². The van der Waals surface area contributed by atoms with E-state index in [-0.39, 0.29) is 23.3 Å². The molecule has 2 aromatic carbocycles. The molecular formula is C24H32N2O6S. The molecule has 0 aliphatic carbocycles. The van der Waals surface area contributed by atoms with Gasteiger partial charge >= 0.3 is 0 Å². The van der Waals surface area contributed by atoms with Crippen LogP contribution in [0.1, 0.15) is 43.9 Å². The summed E-state index contributed by atoms with van der Waals surface area (Å²) in [5.41, 5.74) is 1.10. The van der Waals surface area contributed by atoms with Crippen LogP contribution >= 0.6 is 0 Å². The number of hydrogen-bond acceptors (Lipinski definition) is 6. The number of sulfonamides is 1. The second-order valence-corrected chi connectivity index (χ2v) is 11.0. The summed E-state index contributed by atoms with van der Waals surface area (Å²) in [6.07, 6.45) is 1.13. The highest BCUT2D eigenvalue weighted by atomic mass is 32.2. The lowest BCUT2D eigenvalue weighted by molar-refractivity contribution is -0.122. The first kappa shape index (κ1) is 24.9. The number of ether oxygens (including phenoxy) is 3. The molecule has 1 aliphatic rings. The number of hydrogen-bond donors (Lipinski definition) is 1. The number of rotatable bonds is 8. The van der Waals surface area contributed by atoms with Gasteiger partial charge in [-0.1, -0.05) is 0 Å². The van der Waals surface area contributed by atoms with Crippen molar-refractivity contribution in [3.05, 3.63) is 47.5 Å². The highest BCUT2D eigenvalue weighted by Gasteiger charge is 2.34. The zero-order valence-corrected chi connectivity index (χ0v) is 20.8. The van der Waals surface area contributed by atoms with Crippen LogP contribution in [0.2, 0.25) is 0 Å². The third-order valence-corrected chi connectivity index (χ3v) is 7.47. The van der Waals surface area contributed by atoms with Crippen LogP contribution < -0.4 is 19.5 Å². The second kappa shape index (κ2) is 9.61. The van der Waals surface area contributed by atoms with Crippen LogP contribution in [0.4, 0.5) is 0 Å². The second-order valence-electron chi connectivity index (χ2n) is 8.85. The van der Waals surface area contributed by atoms with Crippen LogP contribution in [0.15, 0.2) is 41.3 Å². The Bertz CT molecular complexity index is 1130. The van der Waals surface area contributed by atoms with Crippen molar-refractivity contribution in [3.8, 4) is 17.2 Å². The normalized spacial score (nSPS) is 17.1. The van der Waals surface area contributed by atoms with Crippen molar-refractivity contribution in [1.29, 1.82) is 0 Å². The molecule has 0 radical (unpaired) electrons. The first-order valence-electron chi connectivity index (χ1n) is 10.7. The molecule has 180 valence electrons. The molecule has 1 N–H and O–H groups in total. The standard InChI is InChI=1S/C24H32N2O6S/c1-24(2)15-20(19-14-17(30-5)8-10-22(19)32-24)25-23(27)12-7-16-13-18(9-11-21(16)31-6)33(28,29)26(3)4/h8-11,13-14,20H,7,12,15H2,1-6H3,(H,25,27). The molecule has 8 nitrogen and oxygen atoms in total. The van der Waals surface area contributed by atoms with Crippen LogP contribution in [0.5, 0.6) is 17.2 Å². The Balaban J connectivity index is 1.77. The summed E-state index contributed by atoms with van der Waals surface area (Å²) in [4.78, 5) is 13.1. The average Bonchev–Trinajstić information content (AvgIpc) is 2.76. The Morgan fingerprint density at radius 1 is 1.15 bits per heavy atom. The van der Waals surface area contributed by atoms with Crippen molar-refractivity contribution in [3.63, 3.8) is 0 Å². The number of carbonyl (C=O) groups excluding carboxylic acids is 1. The molecular weight excluding hydrogens is 444 g/mol. The van der Waals surface area contributed by atoms with Crippen molar-refractivity contribution in [2.75, 3.05) is 28.3 Å². The maximum atomic E-state index is 12.9. The molecule has 1 heterocycles. The summed E-state index contributed by atoms with van der Waals surface area (Å²) < 4.78 is 42.9. The Morgan fingerprint density at radius 2 is 1.88 bits per heavy atom. The van der Waals surface area contributed by atoms with Gasteiger partial charge in [-0.15, -0.1) is 0 Å². The fourth-order valence-corrected chi connectivity index (χ4v) is 4.88. The molecule has 0 spiro atoms. The van der Waals surface area contributed by atoms with E-state index < -0.39 is 15.6 Å². The number of carbonyl (C=O) groups is 1. The van der Waals surface area contributed by atoms with Gasteiger partial charge in [0.2, 0.25) is 15.9 Å². The first-order chi connectivity index (χ1) is 15.5. The van der Waals surface area contributed by atoms with E-state index in [1.54, 1.807) is 19.2 Å². The molecule has 1 amide bonds. The minimum atomic E-state index is -3.59. The van der Waals surface area contributed by atoms with Crippen LogP contribution in [-0.4, -0.2) is 52.5 Å². The van der Waals surface area contributed by atoms with Crippen molar-refractivity contribution < 1.29 is 27.4 Å². The fourth-order valence-electron chi connectivity index (χ4n) is 3.92. The van der Waals surface area contributed by atoms with E-state index in [0.29, 0.717) is 29.9 Å². The summed E-state index contributed by atoms with van der Waals surface area (Å²) in [5, 5.41) is 3.11. The van der Waals surface area contributed by atoms with Gasteiger partial charge in [0.05, 0.1) is 25.2 Å². The molecule has 0 saturated heterocycles. The molecule has 2 aromatic rings. The van der Waals surface area contributed by atoms with E-state index >= 15 is 0 Å². The van der Waals surface area contributed by atoms with Crippen molar-refractivity contribution in [1.82, 2.24) is 9.62 Å². The molecule has 0 fully saturated rings. The lowest BCUT2D eigenvalue weighted by atomic mass is 9.89. The fraction of sp³-hybridized carbons (Fsp3) is 0.458. The third-order valence-electron chi connectivity index (χ3n) is 5.66. The van der Waals surface area contributed by atoms with Crippen LogP contribution in [0, 0.1) is 0 Å². The summed E-state index contributed by atoms with van der Waals surface area (Å²) in [6, 6.07) is 10.0. The van der Waals surface area contributed by atoms with Crippen LogP contribution in [0.25, 0.3) is 0 Å². The van der Waals surface area contributed by atoms with Gasteiger partial charge in [0.25, 0.3) is 0 Å². The van der Waals surface area contributed by atoms with E-state index in [4.69, 9.17) is 14.2 Å². The first-order valence-corrected chi connectivity index (χ1v) is 12.2. The number of benzene rings is 2. The zero-order valence-electron chi connectivity index (χ0n) is 20.0. The van der Waals surface area contributed by atoms with E-state index in [2.05, 4.69) is 5.32 Å². The van der Waals surface area contributed by atoms with E-state index in [1.807, 2.05) is 32.0 Å². The van der Waals surface area contributed by atoms with E-state index in [9.17, 15) is 13.2 Å². The van der Waals surface area contributed by atoms with Gasteiger partial charge in [0.1, 0.15) is 22.8 Å². The Hall–Kier alpha value is -2.78. The average molecular weight is 477 g/mol. The molecule has 0 aromatic heterocycles. The monoisotopic (exact) mass is 476 g/mol. The van der Waals surface area contributed by atoms with Crippen LogP contribution in [-0.2, 0) is 21.2 Å². The van der Waals surface area contributed by atoms with Gasteiger partial charge in [0, 0.05) is 32.5 Å². The predicted octanol–water partition coefficient (Wildman–Crippen LogP) is 3.31. The minimum Gasteiger partial charge on any atom is -0.497 e. The molecule has 0 saturated carbocycles. The van der Waals surface area contributed by atoms with Crippen molar-refractivity contribution in [2.24, 2.45) is 0 Å². The minimum absolute atomic E-state index is 0.144. The summed E-state index contributed by atoms with van der Waals surface area (Å²) in [6.45, 7) is 3.97. The Morgan fingerprint density at radius 3 is 2.52 bits per heavy atom. The molecule has 0 bridgehead atoms.